The van der Waals surface area contributed by atoms with Gasteiger partial charge in [-0.25, -0.2) is 9.97 Å². The van der Waals surface area contributed by atoms with Gasteiger partial charge < -0.3 is 10.1 Å². The van der Waals surface area contributed by atoms with E-state index >= 15 is 0 Å². The van der Waals surface area contributed by atoms with E-state index in [2.05, 4.69) is 48.2 Å². The summed E-state index contributed by atoms with van der Waals surface area (Å²) in [5, 5.41) is 3.34. The Labute approximate surface area is 126 Å². The molecule has 1 aromatic heterocycles. The van der Waals surface area contributed by atoms with Crippen molar-refractivity contribution in [2.24, 2.45) is 0 Å². The molecule has 0 aliphatic carbocycles. The zero-order valence-electron chi connectivity index (χ0n) is 13.4. The lowest BCUT2D eigenvalue weighted by Crippen LogP contribution is -2.21. The summed E-state index contributed by atoms with van der Waals surface area (Å²) in [6.07, 6.45) is 2.45. The number of rotatable bonds is 5. The van der Waals surface area contributed by atoms with Gasteiger partial charge in [0.1, 0.15) is 6.33 Å². The van der Waals surface area contributed by atoms with E-state index in [0.29, 0.717) is 5.88 Å². The van der Waals surface area contributed by atoms with Crippen LogP contribution in [0.5, 0.6) is 5.88 Å². The predicted molar refractivity (Wildman–Crippen MR) is 84.7 cm³/mol. The summed E-state index contributed by atoms with van der Waals surface area (Å²) < 4.78 is 5.18. The van der Waals surface area contributed by atoms with Crippen molar-refractivity contribution in [1.29, 1.82) is 0 Å². The third-order valence-electron chi connectivity index (χ3n) is 3.83. The van der Waals surface area contributed by atoms with Crippen LogP contribution in [0.2, 0.25) is 0 Å². The van der Waals surface area contributed by atoms with E-state index in [9.17, 15) is 0 Å². The SMILES string of the molecule is CNC(Cc1c(C)cc(C)cc1C)c1cc(OC)ncn1. The molecule has 0 saturated heterocycles. The van der Waals surface area contributed by atoms with Crippen molar-refractivity contribution in [2.45, 2.75) is 33.2 Å². The monoisotopic (exact) mass is 285 g/mol. The van der Waals surface area contributed by atoms with E-state index in [-0.39, 0.29) is 6.04 Å². The van der Waals surface area contributed by atoms with Gasteiger partial charge in [0.25, 0.3) is 0 Å². The molecule has 1 aromatic carbocycles. The van der Waals surface area contributed by atoms with Crippen LogP contribution < -0.4 is 10.1 Å². The van der Waals surface area contributed by atoms with Crippen molar-refractivity contribution in [3.63, 3.8) is 0 Å². The van der Waals surface area contributed by atoms with E-state index in [1.165, 1.54) is 22.3 Å². The zero-order valence-corrected chi connectivity index (χ0v) is 13.4. The summed E-state index contributed by atoms with van der Waals surface area (Å²) in [7, 11) is 3.58. The smallest absolute Gasteiger partial charge is 0.216 e. The predicted octanol–water partition coefficient (Wildman–Crippen LogP) is 2.91. The van der Waals surface area contributed by atoms with Gasteiger partial charge in [-0.1, -0.05) is 17.7 Å². The summed E-state index contributed by atoms with van der Waals surface area (Å²) in [6, 6.07) is 6.49. The van der Waals surface area contributed by atoms with Crippen LogP contribution >= 0.6 is 0 Å². The molecule has 21 heavy (non-hydrogen) atoms. The van der Waals surface area contributed by atoms with Gasteiger partial charge in [-0.05, 0) is 50.9 Å². The van der Waals surface area contributed by atoms with Crippen molar-refractivity contribution in [1.82, 2.24) is 15.3 Å². The number of ether oxygens (including phenoxy) is 1. The van der Waals surface area contributed by atoms with Crippen molar-refractivity contribution in [3.05, 3.63) is 52.5 Å². The van der Waals surface area contributed by atoms with E-state index in [1.807, 2.05) is 13.1 Å². The molecule has 112 valence electrons. The Kier molecular flexibility index (Phi) is 4.91. The molecule has 0 aliphatic rings. The van der Waals surface area contributed by atoms with Crippen LogP contribution in [0.1, 0.15) is 34.0 Å². The number of methoxy groups -OCH3 is 1. The Hall–Kier alpha value is -1.94. The van der Waals surface area contributed by atoms with Crippen molar-refractivity contribution in [3.8, 4) is 5.88 Å². The third-order valence-corrected chi connectivity index (χ3v) is 3.83. The first-order valence-electron chi connectivity index (χ1n) is 7.15. The topological polar surface area (TPSA) is 47.0 Å². The molecule has 1 unspecified atom stereocenters. The third kappa shape index (κ3) is 3.58. The molecule has 2 aromatic rings. The fourth-order valence-electron chi connectivity index (χ4n) is 2.75. The molecule has 0 spiro atoms. The highest BCUT2D eigenvalue weighted by Gasteiger charge is 2.15. The molecular weight excluding hydrogens is 262 g/mol. The second kappa shape index (κ2) is 6.68. The first-order valence-corrected chi connectivity index (χ1v) is 7.15. The maximum Gasteiger partial charge on any atom is 0.216 e. The molecule has 2 rings (SSSR count). The van der Waals surface area contributed by atoms with Gasteiger partial charge in [-0.15, -0.1) is 0 Å². The Morgan fingerprint density at radius 2 is 1.76 bits per heavy atom. The minimum atomic E-state index is 0.141. The molecule has 1 heterocycles. The Bertz CT molecular complexity index is 602. The highest BCUT2D eigenvalue weighted by atomic mass is 16.5. The van der Waals surface area contributed by atoms with Crippen LogP contribution in [0.15, 0.2) is 24.5 Å². The lowest BCUT2D eigenvalue weighted by atomic mass is 9.93. The average Bonchev–Trinajstić information content (AvgIpc) is 2.46. The zero-order chi connectivity index (χ0) is 15.4. The first kappa shape index (κ1) is 15.4. The number of aromatic nitrogens is 2. The van der Waals surface area contributed by atoms with Crippen LogP contribution in [0.4, 0.5) is 0 Å². The Balaban J connectivity index is 2.31. The van der Waals surface area contributed by atoms with Crippen molar-refractivity contribution in [2.75, 3.05) is 14.2 Å². The fourth-order valence-corrected chi connectivity index (χ4v) is 2.75. The van der Waals surface area contributed by atoms with Crippen LogP contribution in [0, 0.1) is 20.8 Å². The number of aryl methyl sites for hydroxylation is 3. The van der Waals surface area contributed by atoms with Gasteiger partial charge in [0.2, 0.25) is 5.88 Å². The van der Waals surface area contributed by atoms with E-state index in [1.54, 1.807) is 13.4 Å². The van der Waals surface area contributed by atoms with Gasteiger partial charge >= 0.3 is 0 Å². The van der Waals surface area contributed by atoms with Gasteiger partial charge in [-0.2, -0.15) is 0 Å². The van der Waals surface area contributed by atoms with Gasteiger partial charge in [-0.3, -0.25) is 0 Å². The van der Waals surface area contributed by atoms with Gasteiger partial charge in [0.05, 0.1) is 18.8 Å². The second-order valence-electron chi connectivity index (χ2n) is 5.41. The first-order chi connectivity index (χ1) is 10.0. The van der Waals surface area contributed by atoms with Crippen LogP contribution in [0.3, 0.4) is 0 Å². The number of nitrogens with zero attached hydrogens (tertiary/aromatic N) is 2. The molecule has 4 nitrogen and oxygen atoms in total. The summed E-state index contributed by atoms with van der Waals surface area (Å²) in [4.78, 5) is 8.45. The number of hydrogen-bond donors (Lipinski definition) is 1. The Morgan fingerprint density at radius 1 is 1.10 bits per heavy atom. The molecule has 0 bridgehead atoms. The number of nitrogens with one attached hydrogen (secondary N) is 1. The molecule has 0 fully saturated rings. The molecule has 0 saturated carbocycles. The fraction of sp³-hybridized carbons (Fsp3) is 0.412. The molecule has 0 aliphatic heterocycles. The highest BCUT2D eigenvalue weighted by molar-refractivity contribution is 5.38. The second-order valence-corrected chi connectivity index (χ2v) is 5.41. The molecule has 1 atom stereocenters. The largest absolute Gasteiger partial charge is 0.481 e. The summed E-state index contributed by atoms with van der Waals surface area (Å²) in [5.41, 5.74) is 6.28. The van der Waals surface area contributed by atoms with Gasteiger partial charge in [0.15, 0.2) is 0 Å². The minimum absolute atomic E-state index is 0.141. The summed E-state index contributed by atoms with van der Waals surface area (Å²) >= 11 is 0. The van der Waals surface area contributed by atoms with E-state index in [4.69, 9.17) is 4.74 Å². The lowest BCUT2D eigenvalue weighted by Gasteiger charge is -2.19. The van der Waals surface area contributed by atoms with E-state index < -0.39 is 0 Å². The average molecular weight is 285 g/mol. The highest BCUT2D eigenvalue weighted by Crippen LogP contribution is 2.24. The molecule has 0 amide bonds. The maximum atomic E-state index is 5.18. The number of likely N-dealkylation sites (N-methyl/N-ethyl adjacent to an activating group) is 1. The van der Waals surface area contributed by atoms with E-state index in [0.717, 1.165) is 12.1 Å². The molecule has 1 N–H and O–H groups in total. The molecular formula is C17H23N3O. The van der Waals surface area contributed by atoms with Crippen LogP contribution in [-0.4, -0.2) is 24.1 Å². The van der Waals surface area contributed by atoms with Crippen molar-refractivity contribution < 1.29 is 4.74 Å². The number of benzene rings is 1. The normalized spacial score (nSPS) is 12.2. The standard InChI is InChI=1S/C17H23N3O/c1-11-6-12(2)14(13(3)7-11)8-15(18-4)16-9-17(21-5)20-10-19-16/h6-7,9-10,15,18H,8H2,1-5H3. The quantitative estimate of drug-likeness (QED) is 0.917. The summed E-state index contributed by atoms with van der Waals surface area (Å²) in [6.45, 7) is 6.47. The molecule has 0 radical (unpaired) electrons. The van der Waals surface area contributed by atoms with Crippen LogP contribution in [-0.2, 0) is 6.42 Å². The lowest BCUT2D eigenvalue weighted by molar-refractivity contribution is 0.394. The maximum absolute atomic E-state index is 5.18. The minimum Gasteiger partial charge on any atom is -0.481 e. The molecule has 4 heteroatoms. The number of hydrogen-bond acceptors (Lipinski definition) is 4. The van der Waals surface area contributed by atoms with Gasteiger partial charge in [0, 0.05) is 6.07 Å². The van der Waals surface area contributed by atoms with Crippen molar-refractivity contribution >= 4 is 0 Å². The Morgan fingerprint density at radius 3 is 2.33 bits per heavy atom. The van der Waals surface area contributed by atoms with Crippen LogP contribution in [0.25, 0.3) is 0 Å². The summed E-state index contributed by atoms with van der Waals surface area (Å²) in [5.74, 6) is 0.595.